The van der Waals surface area contributed by atoms with Gasteiger partial charge in [0.15, 0.2) is 0 Å². The molecule has 61 heavy (non-hydrogen) atoms. The van der Waals surface area contributed by atoms with Crippen LogP contribution in [0.5, 0.6) is 0 Å². The molecular weight excluding hydrogens is 739 g/mol. The first kappa shape index (κ1) is 34.9. The van der Waals surface area contributed by atoms with Gasteiger partial charge in [-0.1, -0.05) is 164 Å². The number of nitrogens with zero attached hydrogens (tertiary/aromatic N) is 3. The Bertz CT molecular complexity index is 3530. The van der Waals surface area contributed by atoms with Crippen molar-refractivity contribution in [3.05, 3.63) is 237 Å². The highest BCUT2D eigenvalue weighted by atomic mass is 15.1. The highest BCUT2D eigenvalue weighted by molar-refractivity contribution is 6.14. The molecule has 0 N–H and O–H groups in total. The molecule has 286 valence electrons. The molecule has 2 heterocycles. The number of aromatic nitrogens is 2. The molecule has 0 fully saturated rings. The van der Waals surface area contributed by atoms with Crippen molar-refractivity contribution < 1.29 is 0 Å². The lowest BCUT2D eigenvalue weighted by molar-refractivity contribution is 1.17. The molecule has 0 amide bonds. The number of hydrogen-bond donors (Lipinski definition) is 0. The van der Waals surface area contributed by atoms with Gasteiger partial charge in [0.1, 0.15) is 0 Å². The fraction of sp³-hybridized carbons (Fsp3) is 0. The van der Waals surface area contributed by atoms with E-state index in [-0.39, 0.29) is 0 Å². The summed E-state index contributed by atoms with van der Waals surface area (Å²) in [6.07, 6.45) is 0. The first-order valence-corrected chi connectivity index (χ1v) is 20.9. The van der Waals surface area contributed by atoms with E-state index in [0.717, 1.165) is 34.0 Å². The number of para-hydroxylation sites is 5. The maximum atomic E-state index is 2.45. The lowest BCUT2D eigenvalue weighted by Gasteiger charge is -2.28. The van der Waals surface area contributed by atoms with E-state index >= 15 is 0 Å². The Hall–Kier alpha value is -8.14. The van der Waals surface area contributed by atoms with Gasteiger partial charge in [-0.3, -0.25) is 0 Å². The fourth-order valence-corrected chi connectivity index (χ4v) is 9.50. The number of hydrogen-bond acceptors (Lipinski definition) is 1. The van der Waals surface area contributed by atoms with Crippen molar-refractivity contribution in [2.45, 2.75) is 0 Å². The average molecular weight is 778 g/mol. The Morgan fingerprint density at radius 2 is 0.820 bits per heavy atom. The van der Waals surface area contributed by atoms with Crippen molar-refractivity contribution in [1.29, 1.82) is 0 Å². The van der Waals surface area contributed by atoms with Crippen molar-refractivity contribution >= 4 is 71.4 Å². The minimum atomic E-state index is 1.07. The van der Waals surface area contributed by atoms with Crippen LogP contribution < -0.4 is 4.90 Å². The van der Waals surface area contributed by atoms with Crippen LogP contribution in [0.2, 0.25) is 0 Å². The topological polar surface area (TPSA) is 13.1 Å². The van der Waals surface area contributed by atoms with Gasteiger partial charge in [0.25, 0.3) is 0 Å². The van der Waals surface area contributed by atoms with Crippen molar-refractivity contribution in [2.75, 3.05) is 4.90 Å². The molecule has 0 aliphatic carbocycles. The highest BCUT2D eigenvalue weighted by Gasteiger charge is 2.22. The number of rotatable bonds is 7. The molecule has 0 spiro atoms. The predicted octanol–water partition coefficient (Wildman–Crippen LogP) is 15.8. The Balaban J connectivity index is 1.17. The van der Waals surface area contributed by atoms with Crippen LogP contribution in [0.25, 0.3) is 88.0 Å². The summed E-state index contributed by atoms with van der Waals surface area (Å²) < 4.78 is 4.89. The Labute approximate surface area is 354 Å². The van der Waals surface area contributed by atoms with E-state index in [0.29, 0.717) is 0 Å². The summed E-state index contributed by atoms with van der Waals surface area (Å²) in [5, 5.41) is 7.34. The summed E-state index contributed by atoms with van der Waals surface area (Å²) in [4.78, 5) is 2.43. The van der Waals surface area contributed by atoms with E-state index in [1.54, 1.807) is 0 Å². The molecule has 0 aliphatic rings. The Kier molecular flexibility index (Phi) is 8.17. The Morgan fingerprint density at radius 3 is 1.52 bits per heavy atom. The van der Waals surface area contributed by atoms with Crippen molar-refractivity contribution in [2.24, 2.45) is 0 Å². The van der Waals surface area contributed by atoms with Crippen LogP contribution in [0, 0.1) is 0 Å². The number of benzene rings is 10. The molecule has 12 aromatic rings. The first-order valence-electron chi connectivity index (χ1n) is 20.9. The Morgan fingerprint density at radius 1 is 0.279 bits per heavy atom. The summed E-state index contributed by atoms with van der Waals surface area (Å²) in [6.45, 7) is 0. The molecule has 10 aromatic carbocycles. The van der Waals surface area contributed by atoms with Crippen LogP contribution in [-0.4, -0.2) is 9.13 Å². The van der Waals surface area contributed by atoms with Crippen molar-refractivity contribution in [3.8, 4) is 33.6 Å². The summed E-state index contributed by atoms with van der Waals surface area (Å²) >= 11 is 0. The number of anilines is 3. The quantitative estimate of drug-likeness (QED) is 0.157. The molecule has 2 aromatic heterocycles. The maximum Gasteiger partial charge on any atom is 0.0619 e. The molecule has 0 aliphatic heterocycles. The predicted molar refractivity (Wildman–Crippen MR) is 258 cm³/mol. The van der Waals surface area contributed by atoms with Gasteiger partial charge in [-0.25, -0.2) is 0 Å². The average Bonchev–Trinajstić information content (AvgIpc) is 3.86. The zero-order valence-corrected chi connectivity index (χ0v) is 33.4. The van der Waals surface area contributed by atoms with E-state index in [1.165, 1.54) is 71.1 Å². The zero-order chi connectivity index (χ0) is 40.3. The molecule has 0 saturated heterocycles. The molecule has 0 atom stereocenters. The third-order valence-electron chi connectivity index (χ3n) is 12.2. The van der Waals surface area contributed by atoms with E-state index in [2.05, 4.69) is 251 Å². The third-order valence-corrected chi connectivity index (χ3v) is 12.2. The molecule has 0 saturated carbocycles. The van der Waals surface area contributed by atoms with E-state index in [4.69, 9.17) is 0 Å². The molecule has 0 bridgehead atoms. The van der Waals surface area contributed by atoms with Gasteiger partial charge in [0, 0.05) is 55.5 Å². The normalized spacial score (nSPS) is 11.6. The van der Waals surface area contributed by atoms with Gasteiger partial charge >= 0.3 is 0 Å². The smallest absolute Gasteiger partial charge is 0.0619 e. The van der Waals surface area contributed by atoms with Gasteiger partial charge in [-0.15, -0.1) is 0 Å². The van der Waals surface area contributed by atoms with Crippen LogP contribution in [0.4, 0.5) is 17.1 Å². The molecule has 3 nitrogen and oxygen atoms in total. The lowest BCUT2D eigenvalue weighted by Crippen LogP contribution is -2.11. The van der Waals surface area contributed by atoms with Crippen molar-refractivity contribution in [3.63, 3.8) is 0 Å². The minimum absolute atomic E-state index is 1.07. The number of fused-ring (bicyclic) bond motifs is 7. The summed E-state index contributed by atoms with van der Waals surface area (Å²) in [7, 11) is 0. The van der Waals surface area contributed by atoms with E-state index in [9.17, 15) is 0 Å². The molecule has 3 heteroatoms. The van der Waals surface area contributed by atoms with Gasteiger partial charge in [0.05, 0.1) is 22.1 Å². The monoisotopic (exact) mass is 777 g/mol. The summed E-state index contributed by atoms with van der Waals surface area (Å²) in [5.41, 5.74) is 14.9. The van der Waals surface area contributed by atoms with Gasteiger partial charge in [-0.05, 0) is 100 Å². The van der Waals surface area contributed by atoms with Crippen LogP contribution >= 0.6 is 0 Å². The second-order valence-corrected chi connectivity index (χ2v) is 15.8. The summed E-state index contributed by atoms with van der Waals surface area (Å²) in [6, 6.07) is 86.1. The molecular formula is C58H39N3. The maximum absolute atomic E-state index is 2.45. The van der Waals surface area contributed by atoms with E-state index in [1.807, 2.05) is 0 Å². The van der Waals surface area contributed by atoms with Crippen LogP contribution in [-0.2, 0) is 0 Å². The van der Waals surface area contributed by atoms with Crippen LogP contribution in [0.1, 0.15) is 0 Å². The first-order chi connectivity index (χ1) is 30.3. The summed E-state index contributed by atoms with van der Waals surface area (Å²) in [5.74, 6) is 0. The lowest BCUT2D eigenvalue weighted by atomic mass is 9.99. The standard InChI is InChI=1S/C58H39N3/c1-3-16-40(17-4-1)42-30-33-46(34-31-42)59(47-35-32-41-18-7-8-19-43(41)36-47)48-37-44(38-49(39-48)60-55-27-12-9-22-51(55)52-23-10-13-28-56(52)60)50-25-15-26-54-53-24-11-14-29-57(53)61(58(50)54)45-20-5-2-6-21-45/h1-39H. The zero-order valence-electron chi connectivity index (χ0n) is 33.4. The van der Waals surface area contributed by atoms with Gasteiger partial charge < -0.3 is 14.0 Å². The van der Waals surface area contributed by atoms with Gasteiger partial charge in [-0.2, -0.15) is 0 Å². The third kappa shape index (κ3) is 5.82. The highest BCUT2D eigenvalue weighted by Crippen LogP contribution is 2.44. The van der Waals surface area contributed by atoms with Crippen molar-refractivity contribution in [1.82, 2.24) is 9.13 Å². The SMILES string of the molecule is c1ccc(-c2ccc(N(c3cc(-c4cccc5c6ccccc6n(-c6ccccc6)c45)cc(-n4c5ccccc5c5ccccc54)c3)c3ccc4ccccc4c3)cc2)cc1. The molecule has 0 unspecified atom stereocenters. The second kappa shape index (κ2) is 14.3. The largest absolute Gasteiger partial charge is 0.310 e. The van der Waals surface area contributed by atoms with E-state index < -0.39 is 0 Å². The minimum Gasteiger partial charge on any atom is -0.310 e. The fourth-order valence-electron chi connectivity index (χ4n) is 9.50. The van der Waals surface area contributed by atoms with Gasteiger partial charge in [0.2, 0.25) is 0 Å². The van der Waals surface area contributed by atoms with Crippen LogP contribution in [0.15, 0.2) is 237 Å². The molecule has 12 rings (SSSR count). The van der Waals surface area contributed by atoms with Crippen LogP contribution in [0.3, 0.4) is 0 Å². The second-order valence-electron chi connectivity index (χ2n) is 15.8. The molecule has 0 radical (unpaired) electrons.